The summed E-state index contributed by atoms with van der Waals surface area (Å²) in [4.78, 5) is 33.4. The Kier molecular flexibility index (Phi) is 7.15. The number of hydrogen-bond acceptors (Lipinski definition) is 6. The van der Waals surface area contributed by atoms with E-state index < -0.39 is 5.91 Å². The van der Waals surface area contributed by atoms with Crippen LogP contribution in [0.5, 0.6) is 5.88 Å². The van der Waals surface area contributed by atoms with Crippen molar-refractivity contribution in [2.45, 2.75) is 5.16 Å². The lowest BCUT2D eigenvalue weighted by Crippen LogP contribution is -2.22. The molecular weight excluding hydrogens is 681 g/mol. The number of amides is 1. The molecule has 0 bridgehead atoms. The fourth-order valence-corrected chi connectivity index (χ4v) is 5.32. The quantitative estimate of drug-likeness (QED) is 0.0891. The Morgan fingerprint density at radius 1 is 1.14 bits per heavy atom. The van der Waals surface area contributed by atoms with Crippen molar-refractivity contribution in [3.05, 3.63) is 84.1 Å². The Morgan fingerprint density at radius 2 is 1.92 bits per heavy atom. The molecule has 0 aliphatic carbocycles. The van der Waals surface area contributed by atoms with Crippen LogP contribution in [0.25, 0.3) is 27.5 Å². The number of nitrogens with one attached hydrogen (secondary N) is 1. The van der Waals surface area contributed by atoms with Crippen LogP contribution >= 0.6 is 61.9 Å². The number of nitrogens with zero attached hydrogens (tertiary/aromatic N) is 4. The zero-order valence-electron chi connectivity index (χ0n) is 18.1. The molecule has 2 heterocycles. The van der Waals surface area contributed by atoms with Crippen LogP contribution in [-0.4, -0.2) is 31.3 Å². The summed E-state index contributed by atoms with van der Waals surface area (Å²) in [6.45, 7) is 0. The second-order valence-corrected chi connectivity index (χ2v) is 11.1. The zero-order valence-corrected chi connectivity index (χ0v) is 23.4. The SMILES string of the molecule is O=C(CSc1nc2ccc(I)cc2c(=O)n1-c1ccc(Cl)cc1)N=Nc1c(O)[nH]c2ccc(Br)cc12. The third-order valence-electron chi connectivity index (χ3n) is 5.18. The van der Waals surface area contributed by atoms with Crippen molar-refractivity contribution in [1.82, 2.24) is 14.5 Å². The van der Waals surface area contributed by atoms with Crippen LogP contribution in [0.4, 0.5) is 5.69 Å². The number of azo groups is 1. The number of aromatic hydroxyl groups is 1. The highest BCUT2D eigenvalue weighted by atomic mass is 127. The van der Waals surface area contributed by atoms with E-state index in [0.717, 1.165) is 19.8 Å². The summed E-state index contributed by atoms with van der Waals surface area (Å²) in [5.41, 5.74) is 1.67. The molecular formula is C24H14BrClIN5O3S. The minimum absolute atomic E-state index is 0.119. The molecule has 0 radical (unpaired) electrons. The van der Waals surface area contributed by atoms with Gasteiger partial charge < -0.3 is 10.1 Å². The van der Waals surface area contributed by atoms with E-state index in [9.17, 15) is 14.7 Å². The summed E-state index contributed by atoms with van der Waals surface area (Å²) in [6.07, 6.45) is 0. The summed E-state index contributed by atoms with van der Waals surface area (Å²) >= 11 is 12.6. The maximum atomic E-state index is 13.4. The molecule has 12 heteroatoms. The molecule has 2 N–H and O–H groups in total. The van der Waals surface area contributed by atoms with Crippen molar-refractivity contribution < 1.29 is 9.90 Å². The Morgan fingerprint density at radius 3 is 2.69 bits per heavy atom. The van der Waals surface area contributed by atoms with E-state index in [-0.39, 0.29) is 22.9 Å². The van der Waals surface area contributed by atoms with Crippen LogP contribution in [0.15, 0.2) is 85.3 Å². The molecule has 0 atom stereocenters. The fraction of sp³-hybridized carbons (Fsp3) is 0.0417. The number of H-pyrrole nitrogens is 1. The third kappa shape index (κ3) is 5.05. The van der Waals surface area contributed by atoms with Crippen LogP contribution < -0.4 is 5.56 Å². The highest BCUT2D eigenvalue weighted by Crippen LogP contribution is 2.37. The Bertz CT molecular complexity index is 1740. The highest BCUT2D eigenvalue weighted by Gasteiger charge is 2.16. The Hall–Kier alpha value is -2.74. The number of fused-ring (bicyclic) bond motifs is 2. The lowest BCUT2D eigenvalue weighted by Gasteiger charge is -2.13. The second kappa shape index (κ2) is 10.3. The standard InChI is InChI=1S/C24H14BrClIN5O3S/c25-12-1-7-18-16(9-12)21(22(34)28-18)31-30-20(33)11-36-24-29-19-8-4-14(27)10-17(19)23(35)32(24)15-5-2-13(26)3-6-15/h1-10,28,34H,11H2. The normalized spacial score (nSPS) is 11.6. The molecule has 5 rings (SSSR count). The zero-order chi connectivity index (χ0) is 25.4. The molecule has 1 amide bonds. The van der Waals surface area contributed by atoms with Gasteiger partial charge in [-0.15, -0.1) is 10.2 Å². The molecule has 3 aromatic carbocycles. The number of carbonyl (C=O) groups is 1. The van der Waals surface area contributed by atoms with E-state index >= 15 is 0 Å². The lowest BCUT2D eigenvalue weighted by molar-refractivity contribution is -0.115. The first-order valence-corrected chi connectivity index (χ1v) is 13.6. The van der Waals surface area contributed by atoms with Gasteiger partial charge in [-0.3, -0.25) is 14.2 Å². The monoisotopic (exact) mass is 693 g/mol. The lowest BCUT2D eigenvalue weighted by atomic mass is 10.2. The third-order valence-corrected chi connectivity index (χ3v) is 7.52. The number of halogens is 3. The maximum Gasteiger partial charge on any atom is 0.275 e. The van der Waals surface area contributed by atoms with Crippen LogP contribution in [0.2, 0.25) is 5.02 Å². The first kappa shape index (κ1) is 24.9. The topological polar surface area (TPSA) is 113 Å². The average molecular weight is 695 g/mol. The van der Waals surface area contributed by atoms with Gasteiger partial charge in [0.15, 0.2) is 10.8 Å². The first-order valence-electron chi connectivity index (χ1n) is 10.4. The summed E-state index contributed by atoms with van der Waals surface area (Å²) in [7, 11) is 0. The molecule has 0 saturated carbocycles. The number of hydrogen-bond donors (Lipinski definition) is 2. The van der Waals surface area contributed by atoms with Crippen molar-refractivity contribution >= 4 is 95.3 Å². The van der Waals surface area contributed by atoms with Gasteiger partial charge >= 0.3 is 0 Å². The molecule has 36 heavy (non-hydrogen) atoms. The van der Waals surface area contributed by atoms with Gasteiger partial charge in [-0.05, 0) is 83.3 Å². The van der Waals surface area contributed by atoms with Gasteiger partial charge in [0.25, 0.3) is 11.5 Å². The summed E-state index contributed by atoms with van der Waals surface area (Å²) in [6, 6.07) is 17.6. The van der Waals surface area contributed by atoms with Gasteiger partial charge in [-0.2, -0.15) is 0 Å². The van der Waals surface area contributed by atoms with E-state index in [4.69, 9.17) is 11.6 Å². The smallest absolute Gasteiger partial charge is 0.275 e. The molecule has 180 valence electrons. The van der Waals surface area contributed by atoms with Crippen LogP contribution in [-0.2, 0) is 4.79 Å². The summed E-state index contributed by atoms with van der Waals surface area (Å²) in [5.74, 6) is -0.857. The van der Waals surface area contributed by atoms with E-state index in [2.05, 4.69) is 58.7 Å². The number of carbonyl (C=O) groups excluding carboxylic acids is 1. The fourth-order valence-electron chi connectivity index (χ4n) is 3.55. The Balaban J connectivity index is 1.46. The van der Waals surface area contributed by atoms with E-state index in [1.807, 2.05) is 12.1 Å². The molecule has 8 nitrogen and oxygen atoms in total. The minimum Gasteiger partial charge on any atom is -0.493 e. The molecule has 0 fully saturated rings. The molecule has 0 aliphatic heterocycles. The van der Waals surface area contributed by atoms with Gasteiger partial charge in [-0.25, -0.2) is 4.98 Å². The van der Waals surface area contributed by atoms with Crippen molar-refractivity contribution in [2.24, 2.45) is 10.2 Å². The Labute approximate surface area is 235 Å². The average Bonchev–Trinajstić information content (AvgIpc) is 3.16. The van der Waals surface area contributed by atoms with Crippen molar-refractivity contribution in [3.63, 3.8) is 0 Å². The van der Waals surface area contributed by atoms with Crippen LogP contribution in [0.3, 0.4) is 0 Å². The number of thioether (sulfide) groups is 1. The van der Waals surface area contributed by atoms with Crippen molar-refractivity contribution in [3.8, 4) is 11.6 Å². The first-order chi connectivity index (χ1) is 17.3. The van der Waals surface area contributed by atoms with Gasteiger partial charge in [0.05, 0.1) is 27.9 Å². The molecule has 5 aromatic rings. The van der Waals surface area contributed by atoms with Crippen LogP contribution in [0, 0.1) is 3.57 Å². The predicted molar refractivity (Wildman–Crippen MR) is 153 cm³/mol. The predicted octanol–water partition coefficient (Wildman–Crippen LogP) is 7.00. The largest absolute Gasteiger partial charge is 0.493 e. The highest BCUT2D eigenvalue weighted by molar-refractivity contribution is 14.1. The van der Waals surface area contributed by atoms with E-state index in [1.165, 1.54) is 4.57 Å². The second-order valence-electron chi connectivity index (χ2n) is 7.57. The van der Waals surface area contributed by atoms with Gasteiger partial charge in [0.2, 0.25) is 5.88 Å². The number of benzene rings is 3. The molecule has 0 unspecified atom stereocenters. The molecule has 0 aliphatic rings. The summed E-state index contributed by atoms with van der Waals surface area (Å²) < 4.78 is 3.15. The van der Waals surface area contributed by atoms with Gasteiger partial charge in [0.1, 0.15) is 0 Å². The number of aromatic nitrogens is 3. The molecule has 0 spiro atoms. The van der Waals surface area contributed by atoms with Crippen molar-refractivity contribution in [1.29, 1.82) is 0 Å². The molecule has 2 aromatic heterocycles. The van der Waals surface area contributed by atoms with E-state index in [0.29, 0.717) is 37.7 Å². The van der Waals surface area contributed by atoms with Crippen molar-refractivity contribution in [2.75, 3.05) is 5.75 Å². The number of rotatable bonds is 5. The van der Waals surface area contributed by atoms with Crippen LogP contribution in [0.1, 0.15) is 0 Å². The molecule has 0 saturated heterocycles. The summed E-state index contributed by atoms with van der Waals surface area (Å²) in [5, 5.41) is 19.9. The van der Waals surface area contributed by atoms with Gasteiger partial charge in [0, 0.05) is 18.5 Å². The maximum absolute atomic E-state index is 13.4. The minimum atomic E-state index is -0.552. The number of aromatic amines is 1. The van der Waals surface area contributed by atoms with E-state index in [1.54, 1.807) is 48.5 Å². The van der Waals surface area contributed by atoms with Gasteiger partial charge in [-0.1, -0.05) is 39.3 Å².